The molecule has 0 aliphatic heterocycles. The third kappa shape index (κ3) is 15.4. The normalized spacial score (nSPS) is 12.5. The zero-order valence-electron chi connectivity index (χ0n) is 12.9. The highest BCUT2D eigenvalue weighted by molar-refractivity contribution is 4.98. The molecule has 0 heterocycles. The van der Waals surface area contributed by atoms with Gasteiger partial charge in [0.1, 0.15) is 0 Å². The molecule has 102 valence electrons. The Hall–Kier alpha value is -0.600. The SMILES string of the molecule is C/C=C(\C)CN(C)CC.C/C=C(\C)CNCC. The Morgan fingerprint density at radius 3 is 1.94 bits per heavy atom. The molecule has 2 heteroatoms. The average molecular weight is 240 g/mol. The van der Waals surface area contributed by atoms with Gasteiger partial charge in [-0.1, -0.05) is 37.1 Å². The number of rotatable bonds is 6. The van der Waals surface area contributed by atoms with Crippen LogP contribution in [0.4, 0.5) is 0 Å². The van der Waals surface area contributed by atoms with Crippen molar-refractivity contribution in [3.63, 3.8) is 0 Å². The van der Waals surface area contributed by atoms with Crippen LogP contribution in [0.5, 0.6) is 0 Å². The minimum atomic E-state index is 1.03. The smallest absolute Gasteiger partial charge is 0.0186 e. The second kappa shape index (κ2) is 13.5. The van der Waals surface area contributed by atoms with Crippen molar-refractivity contribution in [2.24, 2.45) is 0 Å². The summed E-state index contributed by atoms with van der Waals surface area (Å²) in [5.41, 5.74) is 2.85. The van der Waals surface area contributed by atoms with Crippen molar-refractivity contribution in [1.29, 1.82) is 0 Å². The molecule has 0 aliphatic rings. The quantitative estimate of drug-likeness (QED) is 0.715. The lowest BCUT2D eigenvalue weighted by Gasteiger charge is -2.12. The van der Waals surface area contributed by atoms with Crippen molar-refractivity contribution >= 4 is 0 Å². The molecule has 2 nitrogen and oxygen atoms in total. The third-order valence-electron chi connectivity index (χ3n) is 2.70. The maximum Gasteiger partial charge on any atom is 0.0186 e. The van der Waals surface area contributed by atoms with Gasteiger partial charge in [-0.15, -0.1) is 0 Å². The molecule has 0 amide bonds. The molecule has 0 atom stereocenters. The Kier molecular flexibility index (Phi) is 14.9. The number of allylic oxidation sites excluding steroid dienone is 2. The van der Waals surface area contributed by atoms with Gasteiger partial charge >= 0.3 is 0 Å². The summed E-state index contributed by atoms with van der Waals surface area (Å²) in [5, 5.41) is 3.23. The Bertz CT molecular complexity index is 217. The molecular weight excluding hydrogens is 208 g/mol. The van der Waals surface area contributed by atoms with E-state index in [1.807, 2.05) is 0 Å². The summed E-state index contributed by atoms with van der Waals surface area (Å²) < 4.78 is 0. The average Bonchev–Trinajstić information content (AvgIpc) is 2.36. The van der Waals surface area contributed by atoms with Crippen LogP contribution in [0.15, 0.2) is 23.3 Å². The highest BCUT2D eigenvalue weighted by atomic mass is 15.1. The molecule has 17 heavy (non-hydrogen) atoms. The monoisotopic (exact) mass is 240 g/mol. The molecule has 0 rings (SSSR count). The third-order valence-corrected chi connectivity index (χ3v) is 2.70. The first kappa shape index (κ1) is 18.8. The van der Waals surface area contributed by atoms with Crippen LogP contribution in [0.2, 0.25) is 0 Å². The van der Waals surface area contributed by atoms with Crippen LogP contribution in [0, 0.1) is 0 Å². The summed E-state index contributed by atoms with van der Waals surface area (Å²) in [6, 6.07) is 0. The predicted molar refractivity (Wildman–Crippen MR) is 80.6 cm³/mol. The summed E-state index contributed by atoms with van der Waals surface area (Å²) in [7, 11) is 2.13. The minimum Gasteiger partial charge on any atom is -0.313 e. The topological polar surface area (TPSA) is 15.3 Å². The summed E-state index contributed by atoms with van der Waals surface area (Å²) in [4.78, 5) is 2.29. The molecule has 1 N–H and O–H groups in total. The van der Waals surface area contributed by atoms with Gasteiger partial charge in [0, 0.05) is 13.1 Å². The summed E-state index contributed by atoms with van der Waals surface area (Å²) >= 11 is 0. The van der Waals surface area contributed by atoms with Gasteiger partial charge in [-0.05, 0) is 47.8 Å². The molecule has 0 radical (unpaired) electrons. The Labute approximate surface area is 109 Å². The first-order valence-electron chi connectivity index (χ1n) is 6.64. The fourth-order valence-electron chi connectivity index (χ4n) is 1.05. The van der Waals surface area contributed by atoms with Crippen LogP contribution < -0.4 is 5.32 Å². The van der Waals surface area contributed by atoms with E-state index in [2.05, 4.69) is 71.0 Å². The van der Waals surface area contributed by atoms with Crippen LogP contribution in [-0.2, 0) is 0 Å². The van der Waals surface area contributed by atoms with Gasteiger partial charge < -0.3 is 10.2 Å². The van der Waals surface area contributed by atoms with Gasteiger partial charge in [-0.3, -0.25) is 0 Å². The summed E-state index contributed by atoms with van der Waals surface area (Å²) in [6.45, 7) is 17.0. The number of hydrogen-bond acceptors (Lipinski definition) is 2. The lowest BCUT2D eigenvalue weighted by molar-refractivity contribution is 0.383. The standard InChI is InChI=1S/C8H17N.C7H15N/c1-5-8(3)7-9(4)6-2;1-4-7(3)6-8-5-2/h5H,6-7H2,1-4H3;4,8H,5-6H2,1-3H3/b8-5+;7-4+. The Balaban J connectivity index is 0. The van der Waals surface area contributed by atoms with E-state index in [4.69, 9.17) is 0 Å². The second-order valence-corrected chi connectivity index (χ2v) is 4.38. The Morgan fingerprint density at radius 2 is 1.59 bits per heavy atom. The first-order valence-corrected chi connectivity index (χ1v) is 6.64. The van der Waals surface area contributed by atoms with E-state index in [0.717, 1.165) is 26.2 Å². The van der Waals surface area contributed by atoms with Crippen molar-refractivity contribution in [3.8, 4) is 0 Å². The zero-order valence-corrected chi connectivity index (χ0v) is 12.9. The fraction of sp³-hybridized carbons (Fsp3) is 0.733. The number of nitrogens with zero attached hydrogens (tertiary/aromatic N) is 1. The molecule has 0 bridgehead atoms. The van der Waals surface area contributed by atoms with Crippen LogP contribution in [-0.4, -0.2) is 38.1 Å². The van der Waals surface area contributed by atoms with Gasteiger partial charge in [0.15, 0.2) is 0 Å². The summed E-state index contributed by atoms with van der Waals surface area (Å²) in [6.07, 6.45) is 4.29. The van der Waals surface area contributed by atoms with E-state index in [9.17, 15) is 0 Å². The van der Waals surface area contributed by atoms with Gasteiger partial charge in [-0.2, -0.15) is 0 Å². The molecule has 0 aromatic rings. The van der Waals surface area contributed by atoms with Crippen molar-refractivity contribution in [1.82, 2.24) is 10.2 Å². The molecule has 0 aromatic heterocycles. The molecule has 0 spiro atoms. The van der Waals surface area contributed by atoms with E-state index in [0.29, 0.717) is 0 Å². The number of nitrogens with one attached hydrogen (secondary N) is 1. The van der Waals surface area contributed by atoms with Gasteiger partial charge in [0.25, 0.3) is 0 Å². The summed E-state index contributed by atoms with van der Waals surface area (Å²) in [5.74, 6) is 0. The molecular formula is C15H32N2. The van der Waals surface area contributed by atoms with Gasteiger partial charge in [0.05, 0.1) is 0 Å². The lowest BCUT2D eigenvalue weighted by atomic mass is 10.3. The molecule has 0 saturated carbocycles. The highest BCUT2D eigenvalue weighted by Crippen LogP contribution is 1.93. The maximum atomic E-state index is 3.23. The van der Waals surface area contributed by atoms with E-state index < -0.39 is 0 Å². The Morgan fingerprint density at radius 1 is 1.06 bits per heavy atom. The second-order valence-electron chi connectivity index (χ2n) is 4.38. The number of likely N-dealkylation sites (N-methyl/N-ethyl adjacent to an activating group) is 2. The molecule has 0 fully saturated rings. The van der Waals surface area contributed by atoms with Crippen LogP contribution in [0.25, 0.3) is 0 Å². The van der Waals surface area contributed by atoms with E-state index >= 15 is 0 Å². The van der Waals surface area contributed by atoms with E-state index in [1.165, 1.54) is 11.1 Å². The molecule has 0 aromatic carbocycles. The lowest BCUT2D eigenvalue weighted by Crippen LogP contribution is -2.19. The van der Waals surface area contributed by atoms with Crippen molar-refractivity contribution < 1.29 is 0 Å². The van der Waals surface area contributed by atoms with Crippen molar-refractivity contribution in [2.75, 3.05) is 33.2 Å². The largest absolute Gasteiger partial charge is 0.313 e. The van der Waals surface area contributed by atoms with Gasteiger partial charge in [0.2, 0.25) is 0 Å². The minimum absolute atomic E-state index is 1.03. The van der Waals surface area contributed by atoms with Crippen molar-refractivity contribution in [2.45, 2.75) is 41.5 Å². The van der Waals surface area contributed by atoms with Crippen molar-refractivity contribution in [3.05, 3.63) is 23.3 Å². The van der Waals surface area contributed by atoms with E-state index in [1.54, 1.807) is 0 Å². The van der Waals surface area contributed by atoms with Gasteiger partial charge in [-0.25, -0.2) is 0 Å². The molecule has 0 aliphatic carbocycles. The fourth-order valence-corrected chi connectivity index (χ4v) is 1.05. The van der Waals surface area contributed by atoms with Crippen LogP contribution in [0.3, 0.4) is 0 Å². The zero-order chi connectivity index (χ0) is 13.7. The number of hydrogen-bond donors (Lipinski definition) is 1. The van der Waals surface area contributed by atoms with Crippen LogP contribution in [0.1, 0.15) is 41.5 Å². The molecule has 0 saturated heterocycles. The molecule has 0 unspecified atom stereocenters. The highest BCUT2D eigenvalue weighted by Gasteiger charge is 1.92. The first-order chi connectivity index (χ1) is 8.01. The van der Waals surface area contributed by atoms with Crippen LogP contribution >= 0.6 is 0 Å². The predicted octanol–water partition coefficient (Wildman–Crippen LogP) is 3.47. The van der Waals surface area contributed by atoms with E-state index in [-0.39, 0.29) is 0 Å². The maximum absolute atomic E-state index is 3.23.